The maximum Gasteiger partial charge on any atom is 0.256 e. The highest BCUT2D eigenvalue weighted by Crippen LogP contribution is 2.23. The fraction of sp³-hybridized carbons (Fsp3) is 0.647. The number of nitrogens with one attached hydrogen (secondary N) is 1. The molecule has 0 bridgehead atoms. The standard InChI is InChI=1S/C17H28N2O3/c1-6-8-9-10-17(4,22-7-2)16(20)19-14-11-13(3)15(21-5)18-12-14/h11-12H,6-10H2,1-5H3,(H,19,20)/t17-/m0/s1. The van der Waals surface area contributed by atoms with Gasteiger partial charge in [0.05, 0.1) is 19.0 Å². The van der Waals surface area contributed by atoms with Crippen molar-refractivity contribution in [2.24, 2.45) is 0 Å². The number of rotatable bonds is 9. The van der Waals surface area contributed by atoms with Crippen LogP contribution < -0.4 is 10.1 Å². The van der Waals surface area contributed by atoms with Gasteiger partial charge in [-0.15, -0.1) is 0 Å². The summed E-state index contributed by atoms with van der Waals surface area (Å²) in [4.78, 5) is 16.8. The summed E-state index contributed by atoms with van der Waals surface area (Å²) in [5.41, 5.74) is 0.728. The van der Waals surface area contributed by atoms with Gasteiger partial charge >= 0.3 is 0 Å². The first-order valence-corrected chi connectivity index (χ1v) is 7.92. The number of amides is 1. The number of ether oxygens (including phenoxy) is 2. The second-order valence-electron chi connectivity index (χ2n) is 5.63. The van der Waals surface area contributed by atoms with E-state index in [0.29, 0.717) is 24.6 Å². The molecule has 1 rings (SSSR count). The van der Waals surface area contributed by atoms with Gasteiger partial charge in [-0.2, -0.15) is 0 Å². The van der Waals surface area contributed by atoms with Gasteiger partial charge in [-0.25, -0.2) is 4.98 Å². The van der Waals surface area contributed by atoms with Crippen LogP contribution in [0.15, 0.2) is 12.3 Å². The van der Waals surface area contributed by atoms with E-state index in [-0.39, 0.29) is 5.91 Å². The lowest BCUT2D eigenvalue weighted by atomic mass is 9.96. The van der Waals surface area contributed by atoms with E-state index in [4.69, 9.17) is 9.47 Å². The molecule has 0 unspecified atom stereocenters. The summed E-state index contributed by atoms with van der Waals surface area (Å²) in [5, 5.41) is 2.90. The summed E-state index contributed by atoms with van der Waals surface area (Å²) < 4.78 is 10.9. The number of hydrogen-bond acceptors (Lipinski definition) is 4. The van der Waals surface area contributed by atoms with Gasteiger partial charge < -0.3 is 14.8 Å². The molecule has 0 aliphatic rings. The van der Waals surface area contributed by atoms with Crippen LogP contribution in [0.2, 0.25) is 0 Å². The Hall–Kier alpha value is -1.62. The molecule has 0 aliphatic carbocycles. The molecule has 1 N–H and O–H groups in total. The summed E-state index contributed by atoms with van der Waals surface area (Å²) >= 11 is 0. The molecule has 0 aliphatic heterocycles. The average molecular weight is 308 g/mol. The van der Waals surface area contributed by atoms with E-state index in [9.17, 15) is 4.79 Å². The minimum atomic E-state index is -0.808. The molecule has 0 fully saturated rings. The second kappa shape index (κ2) is 8.73. The molecule has 1 aromatic heterocycles. The van der Waals surface area contributed by atoms with Crippen LogP contribution in [0.1, 0.15) is 52.0 Å². The quantitative estimate of drug-likeness (QED) is 0.706. The van der Waals surface area contributed by atoms with Crippen molar-refractivity contribution < 1.29 is 14.3 Å². The SMILES string of the molecule is CCCCC[C@](C)(OCC)C(=O)Nc1cnc(OC)c(C)c1. The largest absolute Gasteiger partial charge is 0.481 e. The van der Waals surface area contributed by atoms with Gasteiger partial charge in [0.2, 0.25) is 5.88 Å². The molecular formula is C17H28N2O3. The molecule has 0 saturated heterocycles. The number of nitrogens with zero attached hydrogens (tertiary/aromatic N) is 1. The number of carbonyl (C=O) groups excluding carboxylic acids is 1. The number of pyridine rings is 1. The predicted molar refractivity (Wildman–Crippen MR) is 88.3 cm³/mol. The third-order valence-corrected chi connectivity index (χ3v) is 3.68. The topological polar surface area (TPSA) is 60.5 Å². The molecule has 0 aromatic carbocycles. The Morgan fingerprint density at radius 1 is 1.36 bits per heavy atom. The molecule has 0 saturated carbocycles. The van der Waals surface area contributed by atoms with Gasteiger partial charge in [0.1, 0.15) is 5.60 Å². The van der Waals surface area contributed by atoms with Gasteiger partial charge in [0, 0.05) is 12.2 Å². The van der Waals surface area contributed by atoms with Crippen LogP contribution in [0.25, 0.3) is 0 Å². The number of hydrogen-bond donors (Lipinski definition) is 1. The minimum absolute atomic E-state index is 0.128. The Labute approximate surface area is 133 Å². The maximum atomic E-state index is 12.6. The van der Waals surface area contributed by atoms with Crippen molar-refractivity contribution >= 4 is 11.6 Å². The van der Waals surface area contributed by atoms with Crippen molar-refractivity contribution in [2.75, 3.05) is 19.0 Å². The summed E-state index contributed by atoms with van der Waals surface area (Å²) in [6.45, 7) is 8.31. The van der Waals surface area contributed by atoms with Crippen molar-refractivity contribution in [3.05, 3.63) is 17.8 Å². The monoisotopic (exact) mass is 308 g/mol. The third kappa shape index (κ3) is 4.98. The maximum absolute atomic E-state index is 12.6. The van der Waals surface area contributed by atoms with Gasteiger partial charge in [-0.05, 0) is 33.3 Å². The lowest BCUT2D eigenvalue weighted by Crippen LogP contribution is -2.42. The third-order valence-electron chi connectivity index (χ3n) is 3.68. The summed E-state index contributed by atoms with van der Waals surface area (Å²) in [7, 11) is 1.58. The van der Waals surface area contributed by atoms with Gasteiger partial charge in [-0.1, -0.05) is 26.2 Å². The van der Waals surface area contributed by atoms with Crippen LogP contribution >= 0.6 is 0 Å². The highest BCUT2D eigenvalue weighted by molar-refractivity contribution is 5.97. The lowest BCUT2D eigenvalue weighted by Gasteiger charge is -2.28. The van der Waals surface area contributed by atoms with Gasteiger partial charge in [0.15, 0.2) is 0 Å². The van der Waals surface area contributed by atoms with E-state index in [1.165, 1.54) is 0 Å². The van der Waals surface area contributed by atoms with Crippen molar-refractivity contribution in [3.63, 3.8) is 0 Å². The average Bonchev–Trinajstić information content (AvgIpc) is 2.48. The normalized spacial score (nSPS) is 13.5. The van der Waals surface area contributed by atoms with Gasteiger partial charge in [0.25, 0.3) is 5.91 Å². The van der Waals surface area contributed by atoms with Crippen molar-refractivity contribution in [1.29, 1.82) is 0 Å². The molecule has 0 radical (unpaired) electrons. The summed E-state index contributed by atoms with van der Waals surface area (Å²) in [5.74, 6) is 0.435. The van der Waals surface area contributed by atoms with Crippen LogP contribution in [-0.2, 0) is 9.53 Å². The van der Waals surface area contributed by atoms with Crippen molar-refractivity contribution in [2.45, 2.75) is 59.0 Å². The molecule has 124 valence electrons. The first kappa shape index (κ1) is 18.4. The zero-order valence-electron chi connectivity index (χ0n) is 14.4. The van der Waals surface area contributed by atoms with Crippen LogP contribution in [0.4, 0.5) is 5.69 Å². The molecule has 5 nitrogen and oxygen atoms in total. The van der Waals surface area contributed by atoms with E-state index >= 15 is 0 Å². The minimum Gasteiger partial charge on any atom is -0.481 e. The fourth-order valence-corrected chi connectivity index (χ4v) is 2.39. The zero-order chi connectivity index (χ0) is 16.6. The van der Waals surface area contributed by atoms with E-state index in [2.05, 4.69) is 17.2 Å². The van der Waals surface area contributed by atoms with Crippen LogP contribution in [0, 0.1) is 6.92 Å². The predicted octanol–water partition coefficient (Wildman–Crippen LogP) is 3.71. The van der Waals surface area contributed by atoms with E-state index in [1.807, 2.05) is 26.8 Å². The number of methoxy groups -OCH3 is 1. The van der Waals surface area contributed by atoms with Crippen molar-refractivity contribution in [3.8, 4) is 5.88 Å². The number of aromatic nitrogens is 1. The van der Waals surface area contributed by atoms with Crippen LogP contribution in [-0.4, -0.2) is 30.2 Å². The fourth-order valence-electron chi connectivity index (χ4n) is 2.39. The van der Waals surface area contributed by atoms with Crippen LogP contribution in [0.3, 0.4) is 0 Å². The second-order valence-corrected chi connectivity index (χ2v) is 5.63. The molecule has 0 spiro atoms. The molecule has 22 heavy (non-hydrogen) atoms. The summed E-state index contributed by atoms with van der Waals surface area (Å²) in [6.07, 6.45) is 5.50. The lowest BCUT2D eigenvalue weighted by molar-refractivity contribution is -0.139. The molecular weight excluding hydrogens is 280 g/mol. The van der Waals surface area contributed by atoms with Gasteiger partial charge in [-0.3, -0.25) is 4.79 Å². The molecule has 1 atom stereocenters. The Balaban J connectivity index is 2.79. The molecule has 1 amide bonds. The number of aryl methyl sites for hydroxylation is 1. The summed E-state index contributed by atoms with van der Waals surface area (Å²) in [6, 6.07) is 1.85. The van der Waals surface area contributed by atoms with E-state index in [1.54, 1.807) is 13.3 Å². The van der Waals surface area contributed by atoms with E-state index in [0.717, 1.165) is 24.8 Å². The van der Waals surface area contributed by atoms with Crippen molar-refractivity contribution in [1.82, 2.24) is 4.98 Å². The Morgan fingerprint density at radius 2 is 2.09 bits per heavy atom. The Bertz CT molecular complexity index is 491. The molecule has 1 aromatic rings. The molecule has 1 heterocycles. The number of carbonyl (C=O) groups is 1. The van der Waals surface area contributed by atoms with E-state index < -0.39 is 5.60 Å². The molecule has 5 heteroatoms. The first-order chi connectivity index (χ1) is 10.5. The Morgan fingerprint density at radius 3 is 2.64 bits per heavy atom. The zero-order valence-corrected chi connectivity index (χ0v) is 14.4. The first-order valence-electron chi connectivity index (χ1n) is 7.92. The number of unbranched alkanes of at least 4 members (excludes halogenated alkanes) is 2. The van der Waals surface area contributed by atoms with Crippen LogP contribution in [0.5, 0.6) is 5.88 Å². The number of anilines is 1. The smallest absolute Gasteiger partial charge is 0.256 e. The highest BCUT2D eigenvalue weighted by Gasteiger charge is 2.33. The highest BCUT2D eigenvalue weighted by atomic mass is 16.5. The Kier molecular flexibility index (Phi) is 7.32.